The van der Waals surface area contributed by atoms with Crippen LogP contribution in [-0.4, -0.2) is 54.2 Å². The van der Waals surface area contributed by atoms with E-state index in [1.54, 1.807) is 17.5 Å². The van der Waals surface area contributed by atoms with Crippen molar-refractivity contribution in [1.29, 1.82) is 0 Å². The summed E-state index contributed by atoms with van der Waals surface area (Å²) >= 11 is 1.49. The molecule has 8 heteroatoms. The second kappa shape index (κ2) is 9.78. The summed E-state index contributed by atoms with van der Waals surface area (Å²) in [5.74, 6) is 1.79. The number of methoxy groups -OCH3 is 1. The maximum Gasteiger partial charge on any atom is 0.410 e. The molecule has 0 unspecified atom stereocenters. The molecule has 1 fully saturated rings. The number of amides is 1. The second-order valence-corrected chi connectivity index (χ2v) is 8.19. The van der Waals surface area contributed by atoms with Crippen molar-refractivity contribution in [3.63, 3.8) is 0 Å². The maximum atomic E-state index is 12.4. The molecule has 3 heterocycles. The molecule has 162 valence electrons. The summed E-state index contributed by atoms with van der Waals surface area (Å²) < 4.78 is 10.6. The molecule has 0 aliphatic carbocycles. The average molecular weight is 439 g/mol. The van der Waals surface area contributed by atoms with Gasteiger partial charge in [0.15, 0.2) is 0 Å². The van der Waals surface area contributed by atoms with Gasteiger partial charge in [0.2, 0.25) is 0 Å². The van der Waals surface area contributed by atoms with Crippen molar-refractivity contribution >= 4 is 23.2 Å². The lowest BCUT2D eigenvalue weighted by atomic mass is 10.0. The number of carbonyl (C=O) groups is 1. The van der Waals surface area contributed by atoms with E-state index in [0.717, 1.165) is 54.4 Å². The van der Waals surface area contributed by atoms with E-state index in [-0.39, 0.29) is 18.7 Å². The number of nitrogens with zero attached hydrogens (tertiary/aromatic N) is 4. The minimum absolute atomic E-state index is 0.156. The highest BCUT2D eigenvalue weighted by Gasteiger charge is 2.27. The fourth-order valence-electron chi connectivity index (χ4n) is 3.70. The number of rotatable bonds is 6. The number of benzene rings is 1. The van der Waals surface area contributed by atoms with Crippen molar-refractivity contribution in [2.45, 2.75) is 25.5 Å². The molecular formula is C23H26N4O3S. The first kappa shape index (κ1) is 21.1. The van der Waals surface area contributed by atoms with Gasteiger partial charge in [-0.3, -0.25) is 0 Å². The zero-order valence-corrected chi connectivity index (χ0v) is 18.5. The first-order chi connectivity index (χ1) is 15.1. The van der Waals surface area contributed by atoms with Crippen molar-refractivity contribution in [3.05, 3.63) is 59.0 Å². The van der Waals surface area contributed by atoms with Crippen LogP contribution in [0.2, 0.25) is 0 Å². The summed E-state index contributed by atoms with van der Waals surface area (Å²) in [7, 11) is 3.47. The van der Waals surface area contributed by atoms with Gasteiger partial charge in [-0.1, -0.05) is 6.07 Å². The van der Waals surface area contributed by atoms with Crippen molar-refractivity contribution in [3.8, 4) is 17.0 Å². The predicted octanol–water partition coefficient (Wildman–Crippen LogP) is 4.45. The van der Waals surface area contributed by atoms with Crippen LogP contribution in [0, 0.1) is 0 Å². The molecule has 1 amide bonds. The van der Waals surface area contributed by atoms with Crippen molar-refractivity contribution < 1.29 is 14.3 Å². The largest absolute Gasteiger partial charge is 0.497 e. The molecule has 1 aliphatic rings. The lowest BCUT2D eigenvalue weighted by molar-refractivity contribution is 0.0854. The topological polar surface area (TPSA) is 67.8 Å². The number of ether oxygens (including phenoxy) is 2. The van der Waals surface area contributed by atoms with Gasteiger partial charge in [0.1, 0.15) is 18.2 Å². The standard InChI is InChI=1S/C23H26N4O3S/c1-26(23(28)30-14-18-15-31-16-24-18)19-10-12-27(13-11-19)22-5-3-4-21(25-22)17-6-8-20(29-2)9-7-17/h3-9,15-16,19H,10-14H2,1-2H3. The molecule has 0 atom stereocenters. The van der Waals surface area contributed by atoms with Crippen LogP contribution in [0.5, 0.6) is 5.75 Å². The van der Waals surface area contributed by atoms with Crippen molar-refractivity contribution in [2.24, 2.45) is 0 Å². The zero-order chi connectivity index (χ0) is 21.6. The number of piperidine rings is 1. The number of anilines is 1. The number of pyridine rings is 1. The fraction of sp³-hybridized carbons (Fsp3) is 0.348. The molecule has 2 aromatic heterocycles. The predicted molar refractivity (Wildman–Crippen MR) is 122 cm³/mol. The molecule has 31 heavy (non-hydrogen) atoms. The first-order valence-corrected chi connectivity index (χ1v) is 11.2. The summed E-state index contributed by atoms with van der Waals surface area (Å²) in [5, 5.41) is 1.89. The van der Waals surface area contributed by atoms with Crippen molar-refractivity contribution in [1.82, 2.24) is 14.9 Å². The molecule has 1 aromatic carbocycles. The van der Waals surface area contributed by atoms with E-state index in [2.05, 4.69) is 9.88 Å². The van der Waals surface area contributed by atoms with Gasteiger partial charge in [0, 0.05) is 37.1 Å². The lowest BCUT2D eigenvalue weighted by Crippen LogP contribution is -2.46. The van der Waals surface area contributed by atoms with Gasteiger partial charge in [-0.25, -0.2) is 14.8 Å². The minimum atomic E-state index is -0.300. The molecule has 3 aromatic rings. The zero-order valence-electron chi connectivity index (χ0n) is 17.7. The second-order valence-electron chi connectivity index (χ2n) is 7.47. The molecule has 0 saturated carbocycles. The molecule has 0 N–H and O–H groups in total. The Morgan fingerprint density at radius 1 is 1.19 bits per heavy atom. The van der Waals surface area contributed by atoms with E-state index in [1.807, 2.05) is 54.9 Å². The van der Waals surface area contributed by atoms with Gasteiger partial charge in [-0.15, -0.1) is 11.3 Å². The third-order valence-corrected chi connectivity index (χ3v) is 6.21. The van der Waals surface area contributed by atoms with E-state index in [9.17, 15) is 4.79 Å². The number of hydrogen-bond donors (Lipinski definition) is 0. The quantitative estimate of drug-likeness (QED) is 0.566. The Hall–Kier alpha value is -3.13. The monoisotopic (exact) mass is 438 g/mol. The number of hydrogen-bond acceptors (Lipinski definition) is 7. The molecule has 0 radical (unpaired) electrons. The van der Waals surface area contributed by atoms with E-state index in [4.69, 9.17) is 14.5 Å². The highest BCUT2D eigenvalue weighted by Crippen LogP contribution is 2.25. The van der Waals surface area contributed by atoms with E-state index < -0.39 is 0 Å². The van der Waals surface area contributed by atoms with E-state index in [1.165, 1.54) is 11.3 Å². The summed E-state index contributed by atoms with van der Waals surface area (Å²) in [5.41, 5.74) is 4.51. The Labute approximate surface area is 186 Å². The van der Waals surface area contributed by atoms with E-state index in [0.29, 0.717) is 0 Å². The molecule has 4 rings (SSSR count). The van der Waals surface area contributed by atoms with Crippen LogP contribution in [0.15, 0.2) is 53.4 Å². The van der Waals surface area contributed by atoms with Crippen LogP contribution < -0.4 is 9.64 Å². The van der Waals surface area contributed by atoms with Crippen LogP contribution in [0.4, 0.5) is 10.6 Å². The van der Waals surface area contributed by atoms with Crippen LogP contribution in [0.25, 0.3) is 11.3 Å². The Bertz CT molecular complexity index is 986. The summed E-state index contributed by atoms with van der Waals surface area (Å²) in [6.07, 6.45) is 1.44. The van der Waals surface area contributed by atoms with Crippen LogP contribution in [-0.2, 0) is 11.3 Å². The third kappa shape index (κ3) is 5.14. The molecule has 0 bridgehead atoms. The Morgan fingerprint density at radius 2 is 1.97 bits per heavy atom. The minimum Gasteiger partial charge on any atom is -0.497 e. The smallest absolute Gasteiger partial charge is 0.410 e. The van der Waals surface area contributed by atoms with Crippen molar-refractivity contribution in [2.75, 3.05) is 32.1 Å². The summed E-state index contributed by atoms with van der Waals surface area (Å²) in [4.78, 5) is 25.4. The van der Waals surface area contributed by atoms with Gasteiger partial charge < -0.3 is 19.3 Å². The van der Waals surface area contributed by atoms with Gasteiger partial charge in [0.25, 0.3) is 0 Å². The van der Waals surface area contributed by atoms with Gasteiger partial charge in [-0.05, 0) is 49.2 Å². The van der Waals surface area contributed by atoms with Crippen LogP contribution >= 0.6 is 11.3 Å². The van der Waals surface area contributed by atoms with E-state index >= 15 is 0 Å². The summed E-state index contributed by atoms with van der Waals surface area (Å²) in [6.45, 7) is 1.90. The maximum absolute atomic E-state index is 12.4. The first-order valence-electron chi connectivity index (χ1n) is 10.3. The lowest BCUT2D eigenvalue weighted by Gasteiger charge is -2.36. The molecule has 0 spiro atoms. The fourth-order valence-corrected chi connectivity index (χ4v) is 4.24. The average Bonchev–Trinajstić information content (AvgIpc) is 3.36. The molecule has 1 saturated heterocycles. The Morgan fingerprint density at radius 3 is 2.65 bits per heavy atom. The molecule has 1 aliphatic heterocycles. The Balaban J connectivity index is 1.33. The highest BCUT2D eigenvalue weighted by molar-refractivity contribution is 7.07. The Kier molecular flexibility index (Phi) is 6.66. The molecule has 7 nitrogen and oxygen atoms in total. The summed E-state index contributed by atoms with van der Waals surface area (Å²) in [6, 6.07) is 14.2. The normalized spacial score (nSPS) is 14.3. The highest BCUT2D eigenvalue weighted by atomic mass is 32.1. The third-order valence-electron chi connectivity index (χ3n) is 5.57. The van der Waals surface area contributed by atoms with Gasteiger partial charge >= 0.3 is 6.09 Å². The number of carbonyl (C=O) groups excluding carboxylic acids is 1. The van der Waals surface area contributed by atoms with Crippen LogP contribution in [0.1, 0.15) is 18.5 Å². The van der Waals surface area contributed by atoms with Crippen LogP contribution in [0.3, 0.4) is 0 Å². The number of thiazole rings is 1. The van der Waals surface area contributed by atoms with Gasteiger partial charge in [0.05, 0.1) is 24.0 Å². The molecular weight excluding hydrogens is 412 g/mol. The van der Waals surface area contributed by atoms with Gasteiger partial charge in [-0.2, -0.15) is 0 Å². The SMILES string of the molecule is COc1ccc(-c2cccc(N3CCC(N(C)C(=O)OCc4cscn4)CC3)n2)cc1. The number of aromatic nitrogens is 2.